The van der Waals surface area contributed by atoms with Crippen LogP contribution >= 0.6 is 11.6 Å². The highest BCUT2D eigenvalue weighted by molar-refractivity contribution is 6.30. The molecule has 46 heavy (non-hydrogen) atoms. The number of likely N-dealkylation sites (tertiary alicyclic amines) is 1. The first kappa shape index (κ1) is 30.9. The predicted octanol–water partition coefficient (Wildman–Crippen LogP) is 6.93. The Balaban J connectivity index is 1.06. The van der Waals surface area contributed by atoms with E-state index in [1.54, 1.807) is 25.6 Å². The molecule has 0 spiro atoms. The number of H-pyrrole nitrogens is 1. The summed E-state index contributed by atoms with van der Waals surface area (Å²) in [5.74, 6) is -0.439. The zero-order valence-electron chi connectivity index (χ0n) is 25.5. The molecule has 13 heteroatoms. The largest absolute Gasteiger partial charge is 0.451 e. The molecule has 0 radical (unpaired) electrons. The van der Waals surface area contributed by atoms with Crippen molar-refractivity contribution >= 4 is 11.6 Å². The van der Waals surface area contributed by atoms with Crippen molar-refractivity contribution in [2.75, 3.05) is 26.8 Å². The van der Waals surface area contributed by atoms with Gasteiger partial charge in [0.05, 0.1) is 17.3 Å². The van der Waals surface area contributed by atoms with Gasteiger partial charge in [-0.25, -0.2) is 4.98 Å². The van der Waals surface area contributed by atoms with Gasteiger partial charge in [0, 0.05) is 44.1 Å². The quantitative estimate of drug-likeness (QED) is 0.208. The fraction of sp³-hybridized carbons (Fsp3) is 0.455. The number of ether oxygens (including phenoxy) is 3. The highest BCUT2D eigenvalue weighted by Crippen LogP contribution is 2.50. The van der Waals surface area contributed by atoms with Gasteiger partial charge in [-0.15, -0.1) is 0 Å². The maximum Gasteiger partial charge on any atom is 0.451 e. The van der Waals surface area contributed by atoms with Gasteiger partial charge in [0.2, 0.25) is 5.82 Å². The van der Waals surface area contributed by atoms with Gasteiger partial charge >= 0.3 is 6.18 Å². The molecule has 1 aromatic carbocycles. The van der Waals surface area contributed by atoms with Crippen LogP contribution in [-0.2, 0) is 29.7 Å². The molecule has 3 aromatic heterocycles. The van der Waals surface area contributed by atoms with Crippen molar-refractivity contribution in [3.63, 3.8) is 0 Å². The average Bonchev–Trinajstić information content (AvgIpc) is 3.42. The van der Waals surface area contributed by atoms with Crippen LogP contribution in [0.5, 0.6) is 11.5 Å². The summed E-state index contributed by atoms with van der Waals surface area (Å²) in [5, 5.41) is 6.37. The molecule has 5 heterocycles. The Morgan fingerprint density at radius 1 is 1.09 bits per heavy atom. The van der Waals surface area contributed by atoms with E-state index in [0.29, 0.717) is 35.2 Å². The van der Waals surface area contributed by atoms with Gasteiger partial charge in [0.15, 0.2) is 17.3 Å². The van der Waals surface area contributed by atoms with Gasteiger partial charge in [0.1, 0.15) is 5.69 Å². The first-order valence-corrected chi connectivity index (χ1v) is 15.7. The van der Waals surface area contributed by atoms with E-state index >= 15 is 0 Å². The highest BCUT2D eigenvalue weighted by atomic mass is 35.5. The minimum absolute atomic E-state index is 0.0189. The number of aromatic nitrogens is 5. The lowest BCUT2D eigenvalue weighted by atomic mass is 9.88. The number of hydrogen-bond donors (Lipinski definition) is 1. The number of hydrogen-bond acceptors (Lipinski definition) is 8. The molecule has 1 saturated carbocycles. The molecule has 7 rings (SSSR count). The fourth-order valence-corrected chi connectivity index (χ4v) is 6.68. The minimum Gasteiger partial charge on any atom is -0.443 e. The first-order valence-electron chi connectivity index (χ1n) is 15.4. The lowest BCUT2D eigenvalue weighted by molar-refractivity contribution is -0.144. The predicted molar refractivity (Wildman–Crippen MR) is 163 cm³/mol. The molecular formula is C33H34ClF3N6O3. The number of rotatable bonds is 9. The van der Waals surface area contributed by atoms with E-state index in [4.69, 9.17) is 30.8 Å². The van der Waals surface area contributed by atoms with E-state index in [2.05, 4.69) is 26.0 Å². The van der Waals surface area contributed by atoms with Crippen molar-refractivity contribution in [3.8, 4) is 22.9 Å². The van der Waals surface area contributed by atoms with Crippen LogP contribution in [-0.4, -0.2) is 56.9 Å². The second kappa shape index (κ2) is 11.8. The number of nitrogens with zero attached hydrogens (tertiary/aromatic N) is 5. The van der Waals surface area contributed by atoms with Gasteiger partial charge in [-0.2, -0.15) is 18.3 Å². The monoisotopic (exact) mass is 654 g/mol. The number of piperidine rings is 1. The smallest absolute Gasteiger partial charge is 0.443 e. The Kier molecular flexibility index (Phi) is 7.93. The van der Waals surface area contributed by atoms with Crippen molar-refractivity contribution in [2.24, 2.45) is 5.41 Å². The summed E-state index contributed by atoms with van der Waals surface area (Å²) in [6, 6.07) is 11.5. The van der Waals surface area contributed by atoms with E-state index in [9.17, 15) is 13.2 Å². The normalized spacial score (nSPS) is 21.1. The molecule has 0 amide bonds. The Labute approximate surface area is 269 Å². The Bertz CT molecular complexity index is 1720. The zero-order valence-corrected chi connectivity index (χ0v) is 26.3. The number of halogens is 4. The third-order valence-corrected chi connectivity index (χ3v) is 9.47. The summed E-state index contributed by atoms with van der Waals surface area (Å²) < 4.78 is 57.7. The van der Waals surface area contributed by atoms with Gasteiger partial charge < -0.3 is 14.2 Å². The zero-order chi connectivity index (χ0) is 32.1. The van der Waals surface area contributed by atoms with Crippen LogP contribution in [0.15, 0.2) is 48.8 Å². The third-order valence-electron chi connectivity index (χ3n) is 9.25. The molecule has 4 aromatic rings. The van der Waals surface area contributed by atoms with Crippen LogP contribution in [0, 0.1) is 5.41 Å². The molecule has 3 aliphatic rings. The molecule has 1 aliphatic carbocycles. The standard InChI is InChI=1S/C33H34ClF3N6O3/c1-31(27-7-6-23(34)17-39-27)45-26-5-3-4-24(28(26)46-31)20-8-12-43(13-9-20)18-25-21(15-32(10-11-32)19-44-2)14-22(16-38-25)29-40-30(42-41-29)33(35,36)37/h3-7,14,16-17,20H,8-13,15,18-19H2,1-2H3,(H,40,41,42)/t31-/m0/s1. The van der Waals surface area contributed by atoms with E-state index in [-0.39, 0.29) is 17.2 Å². The second-order valence-corrected chi connectivity index (χ2v) is 13.1. The van der Waals surface area contributed by atoms with Crippen molar-refractivity contribution in [2.45, 2.75) is 63.5 Å². The maximum atomic E-state index is 13.2. The Hall–Kier alpha value is -3.74. The number of nitrogens with one attached hydrogen (secondary N) is 1. The number of pyridine rings is 2. The molecule has 2 fully saturated rings. The lowest BCUT2D eigenvalue weighted by Gasteiger charge is -2.33. The van der Waals surface area contributed by atoms with Gasteiger partial charge in [-0.05, 0) is 86.4 Å². The van der Waals surface area contributed by atoms with E-state index in [0.717, 1.165) is 67.8 Å². The SMILES string of the molecule is COCC1(Cc2cc(-c3n[nH]c(C(F)(F)F)n3)cnc2CN2CCC(c3cccc4c3O[C@@](C)(c3ccc(Cl)cn3)O4)CC2)CC1. The average molecular weight is 655 g/mol. The number of para-hydroxylation sites is 1. The van der Waals surface area contributed by atoms with Gasteiger partial charge in [0.25, 0.3) is 5.79 Å². The summed E-state index contributed by atoms with van der Waals surface area (Å²) in [6.45, 7) is 4.84. The summed E-state index contributed by atoms with van der Waals surface area (Å²) in [6.07, 6.45) is 3.21. The molecule has 2 aliphatic heterocycles. The fourth-order valence-electron chi connectivity index (χ4n) is 6.57. The Morgan fingerprint density at radius 3 is 2.57 bits per heavy atom. The molecule has 1 N–H and O–H groups in total. The van der Waals surface area contributed by atoms with Gasteiger partial charge in [-0.1, -0.05) is 23.7 Å². The maximum absolute atomic E-state index is 13.2. The summed E-state index contributed by atoms with van der Waals surface area (Å²) >= 11 is 6.04. The summed E-state index contributed by atoms with van der Waals surface area (Å²) in [7, 11) is 1.69. The molecule has 0 bridgehead atoms. The third kappa shape index (κ3) is 6.17. The van der Waals surface area contributed by atoms with Crippen molar-refractivity contribution in [1.82, 2.24) is 30.0 Å². The number of alkyl halides is 3. The summed E-state index contributed by atoms with van der Waals surface area (Å²) in [5.41, 5.74) is 4.16. The topological polar surface area (TPSA) is 98.3 Å². The van der Waals surface area contributed by atoms with Gasteiger partial charge in [-0.3, -0.25) is 20.0 Å². The first-order chi connectivity index (χ1) is 22.0. The number of methoxy groups -OCH3 is 1. The van der Waals surface area contributed by atoms with Crippen LogP contribution in [0.1, 0.15) is 66.9 Å². The van der Waals surface area contributed by atoms with E-state index < -0.39 is 17.8 Å². The van der Waals surface area contributed by atoms with E-state index in [1.807, 2.05) is 36.3 Å². The van der Waals surface area contributed by atoms with Crippen LogP contribution in [0.25, 0.3) is 11.4 Å². The van der Waals surface area contributed by atoms with Crippen LogP contribution in [0.2, 0.25) is 5.02 Å². The van der Waals surface area contributed by atoms with Crippen LogP contribution in [0.4, 0.5) is 13.2 Å². The molecule has 1 saturated heterocycles. The van der Waals surface area contributed by atoms with Crippen molar-refractivity contribution in [1.29, 1.82) is 0 Å². The van der Waals surface area contributed by atoms with Crippen LogP contribution < -0.4 is 9.47 Å². The molecule has 0 unspecified atom stereocenters. The molecular weight excluding hydrogens is 621 g/mol. The number of benzene rings is 1. The molecule has 1 atom stereocenters. The Morgan fingerprint density at radius 2 is 1.89 bits per heavy atom. The molecule has 242 valence electrons. The highest BCUT2D eigenvalue weighted by Gasteiger charge is 2.44. The number of aromatic amines is 1. The lowest BCUT2D eigenvalue weighted by Crippen LogP contribution is -2.34. The van der Waals surface area contributed by atoms with Crippen LogP contribution in [0.3, 0.4) is 0 Å². The molecule has 9 nitrogen and oxygen atoms in total. The van der Waals surface area contributed by atoms with Crippen molar-refractivity contribution < 1.29 is 27.4 Å². The minimum atomic E-state index is -4.60. The summed E-state index contributed by atoms with van der Waals surface area (Å²) in [4.78, 5) is 15.3. The second-order valence-electron chi connectivity index (χ2n) is 12.7. The van der Waals surface area contributed by atoms with Crippen molar-refractivity contribution in [3.05, 3.63) is 82.2 Å². The van der Waals surface area contributed by atoms with E-state index in [1.165, 1.54) is 0 Å². The number of fused-ring (bicyclic) bond motifs is 1.